The van der Waals surface area contributed by atoms with Crippen molar-refractivity contribution in [3.8, 4) is 12.8 Å². The molecule has 0 aromatic rings. The highest BCUT2D eigenvalue weighted by molar-refractivity contribution is 5.48. The molecule has 0 radical (unpaired) electrons. The van der Waals surface area contributed by atoms with Gasteiger partial charge in [-0.3, -0.25) is 0 Å². The van der Waals surface area contributed by atoms with Gasteiger partial charge in [0.05, 0.1) is 0 Å². The second kappa shape index (κ2) is 39.9. The predicted octanol–water partition coefficient (Wildman–Crippen LogP) is 14.0. The van der Waals surface area contributed by atoms with E-state index in [1.807, 2.05) is 33.8 Å². The van der Waals surface area contributed by atoms with Crippen LogP contribution in [-0.2, 0) is 0 Å². The molecular weight excluding hydrogens is 494 g/mol. The minimum absolute atomic E-state index is 0.542. The Morgan fingerprint density at radius 2 is 1.24 bits per heavy atom. The summed E-state index contributed by atoms with van der Waals surface area (Å²) in [5.41, 5.74) is 6.75. The molecule has 0 aliphatic rings. The first-order valence-electron chi connectivity index (χ1n) is 16.5. The second-order valence-electron chi connectivity index (χ2n) is 10.6. The molecule has 0 saturated heterocycles. The quantitative estimate of drug-likeness (QED) is 0.181. The molecule has 0 unspecified atom stereocenters. The van der Waals surface area contributed by atoms with E-state index in [1.165, 1.54) is 66.5 Å². The summed E-state index contributed by atoms with van der Waals surface area (Å²) in [6.45, 7) is 40.5. The zero-order valence-corrected chi connectivity index (χ0v) is 31.4. The van der Waals surface area contributed by atoms with Gasteiger partial charge in [-0.1, -0.05) is 153 Å². The first-order valence-corrected chi connectivity index (χ1v) is 16.5. The SMILES string of the molecule is C#C.C=CC(/C=C(C)/C(/C=C\C)=C/CC)=C(C)\C=C(/C)NC(CCC)CCC.CC.CC.CCC.CCC(C)(C)C. The van der Waals surface area contributed by atoms with Crippen molar-refractivity contribution in [2.75, 3.05) is 0 Å². The van der Waals surface area contributed by atoms with Crippen molar-refractivity contribution in [1.82, 2.24) is 5.32 Å². The fourth-order valence-corrected chi connectivity index (χ4v) is 3.17. The molecule has 0 rings (SSSR count). The number of nitrogens with one attached hydrogen (secondary N) is 1. The molecule has 0 aliphatic carbocycles. The fourth-order valence-electron chi connectivity index (χ4n) is 3.17. The molecule has 242 valence electrons. The molecular formula is C40H77N. The Morgan fingerprint density at radius 1 is 0.829 bits per heavy atom. The van der Waals surface area contributed by atoms with Crippen LogP contribution in [0, 0.1) is 18.3 Å². The van der Waals surface area contributed by atoms with Gasteiger partial charge >= 0.3 is 0 Å². The molecule has 0 spiro atoms. The lowest BCUT2D eigenvalue weighted by atomic mass is 9.94. The minimum atomic E-state index is 0.542. The molecule has 0 aromatic carbocycles. The lowest BCUT2D eigenvalue weighted by molar-refractivity contribution is 0.398. The molecule has 0 amide bonds. The van der Waals surface area contributed by atoms with Crippen LogP contribution in [0.15, 0.2) is 71.0 Å². The highest BCUT2D eigenvalue weighted by Gasteiger charge is 2.06. The van der Waals surface area contributed by atoms with E-state index in [0.717, 1.165) is 6.42 Å². The van der Waals surface area contributed by atoms with E-state index in [2.05, 4.69) is 145 Å². The van der Waals surface area contributed by atoms with Crippen LogP contribution in [0.2, 0.25) is 0 Å². The lowest BCUT2D eigenvalue weighted by Crippen LogP contribution is -2.27. The Bertz CT molecular complexity index is 708. The number of hydrogen-bond donors (Lipinski definition) is 1. The third-order valence-corrected chi connectivity index (χ3v) is 5.47. The molecule has 0 saturated carbocycles. The van der Waals surface area contributed by atoms with Crippen molar-refractivity contribution >= 4 is 0 Å². The van der Waals surface area contributed by atoms with E-state index in [0.29, 0.717) is 11.5 Å². The topological polar surface area (TPSA) is 12.0 Å². The third-order valence-electron chi connectivity index (χ3n) is 5.47. The Kier molecular flexibility index (Phi) is 50.2. The molecule has 0 aromatic heterocycles. The average molecular weight is 572 g/mol. The Labute approximate surface area is 262 Å². The number of terminal acetylenes is 1. The summed E-state index contributed by atoms with van der Waals surface area (Å²) >= 11 is 0. The van der Waals surface area contributed by atoms with Crippen LogP contribution in [-0.4, -0.2) is 6.04 Å². The Morgan fingerprint density at radius 3 is 1.54 bits per heavy atom. The van der Waals surface area contributed by atoms with Gasteiger partial charge in [0.2, 0.25) is 0 Å². The van der Waals surface area contributed by atoms with E-state index in [1.54, 1.807) is 0 Å². The van der Waals surface area contributed by atoms with Crippen LogP contribution >= 0.6 is 0 Å². The van der Waals surface area contributed by atoms with Gasteiger partial charge in [0.1, 0.15) is 0 Å². The van der Waals surface area contributed by atoms with Crippen molar-refractivity contribution in [1.29, 1.82) is 0 Å². The van der Waals surface area contributed by atoms with Gasteiger partial charge in [0, 0.05) is 11.7 Å². The van der Waals surface area contributed by atoms with Crippen LogP contribution in [0.25, 0.3) is 0 Å². The van der Waals surface area contributed by atoms with Gasteiger partial charge in [-0.05, 0) is 80.7 Å². The summed E-state index contributed by atoms with van der Waals surface area (Å²) in [7, 11) is 0. The number of rotatable bonds is 12. The van der Waals surface area contributed by atoms with E-state index in [-0.39, 0.29) is 0 Å². The van der Waals surface area contributed by atoms with E-state index in [4.69, 9.17) is 0 Å². The normalized spacial score (nSPS) is 12.0. The van der Waals surface area contributed by atoms with Crippen molar-refractivity contribution in [3.05, 3.63) is 71.0 Å². The van der Waals surface area contributed by atoms with E-state index >= 15 is 0 Å². The maximum absolute atomic E-state index is 4.02. The first kappa shape index (κ1) is 51.5. The monoisotopic (exact) mass is 572 g/mol. The molecule has 1 nitrogen and oxygen atoms in total. The molecule has 1 heteroatoms. The molecule has 0 aliphatic heterocycles. The van der Waals surface area contributed by atoms with Crippen LogP contribution in [0.4, 0.5) is 0 Å². The highest BCUT2D eigenvalue weighted by Crippen LogP contribution is 2.19. The molecule has 0 atom stereocenters. The summed E-state index contributed by atoms with van der Waals surface area (Å²) in [4.78, 5) is 0. The number of hydrogen-bond acceptors (Lipinski definition) is 1. The van der Waals surface area contributed by atoms with Crippen molar-refractivity contribution in [3.63, 3.8) is 0 Å². The van der Waals surface area contributed by atoms with E-state index in [9.17, 15) is 0 Å². The van der Waals surface area contributed by atoms with Gasteiger partial charge in [-0.2, -0.15) is 0 Å². The maximum atomic E-state index is 4.02. The third kappa shape index (κ3) is 40.0. The fraction of sp³-hybridized carbons (Fsp3) is 0.650. The molecule has 0 bridgehead atoms. The van der Waals surface area contributed by atoms with Crippen LogP contribution in [0.5, 0.6) is 0 Å². The van der Waals surface area contributed by atoms with E-state index < -0.39 is 0 Å². The standard InChI is InChI=1S/C25H41N.C6H14.C3H8.2C2H6.C2H2/c1-9-14-24(15-10-2)21(7)19-23(13-5)20(6)18-22(8)26-25(16-11-3)17-12-4;1-5-6(2,3)4;1-3-2;3*1-2/h9,13-15,18-19,25-26H,5,10-12,16-17H2,1-4,6-8H3;5H2,1-4H3;3H2,1-2H3;2*1-2H3;1-2H/b14-9-,21-19+,22-18+,23-20+,24-15+;;;;;. The minimum Gasteiger partial charge on any atom is -0.386 e. The second-order valence-corrected chi connectivity index (χ2v) is 10.6. The van der Waals surface area contributed by atoms with Crippen molar-refractivity contribution < 1.29 is 0 Å². The van der Waals surface area contributed by atoms with Crippen molar-refractivity contribution in [2.24, 2.45) is 5.41 Å². The summed E-state index contributed by atoms with van der Waals surface area (Å²) in [5, 5.41) is 3.69. The zero-order valence-electron chi connectivity index (χ0n) is 31.4. The molecule has 0 fully saturated rings. The van der Waals surface area contributed by atoms with Gasteiger partial charge < -0.3 is 5.32 Å². The molecule has 0 heterocycles. The predicted molar refractivity (Wildman–Crippen MR) is 199 cm³/mol. The summed E-state index contributed by atoms with van der Waals surface area (Å²) < 4.78 is 0. The lowest BCUT2D eigenvalue weighted by Gasteiger charge is -2.19. The first-order chi connectivity index (χ1) is 19.4. The van der Waals surface area contributed by atoms with Crippen LogP contribution in [0.1, 0.15) is 163 Å². The Balaban J connectivity index is -0.000000170. The summed E-state index contributed by atoms with van der Waals surface area (Å²) in [6, 6.07) is 0.576. The Hall–Kier alpha value is -2.20. The summed E-state index contributed by atoms with van der Waals surface area (Å²) in [5.74, 6) is 0. The average Bonchev–Trinajstić information content (AvgIpc) is 2.95. The molecule has 41 heavy (non-hydrogen) atoms. The number of allylic oxidation sites excluding steroid dienone is 11. The smallest absolute Gasteiger partial charge is 0.0257 e. The zero-order chi connectivity index (χ0) is 33.9. The van der Waals surface area contributed by atoms with Gasteiger partial charge in [-0.15, -0.1) is 12.8 Å². The highest BCUT2D eigenvalue weighted by atomic mass is 14.9. The van der Waals surface area contributed by atoms with Crippen LogP contribution < -0.4 is 5.32 Å². The van der Waals surface area contributed by atoms with Gasteiger partial charge in [0.15, 0.2) is 0 Å². The van der Waals surface area contributed by atoms with Crippen molar-refractivity contribution in [2.45, 2.75) is 169 Å². The largest absolute Gasteiger partial charge is 0.386 e. The van der Waals surface area contributed by atoms with Gasteiger partial charge in [-0.25, -0.2) is 0 Å². The van der Waals surface area contributed by atoms with Gasteiger partial charge in [0.25, 0.3) is 0 Å². The summed E-state index contributed by atoms with van der Waals surface area (Å²) in [6.07, 6.45) is 29.4. The molecule has 1 N–H and O–H groups in total. The van der Waals surface area contributed by atoms with Crippen LogP contribution in [0.3, 0.4) is 0 Å². The maximum Gasteiger partial charge on any atom is 0.0257 e.